The van der Waals surface area contributed by atoms with Crippen LogP contribution >= 0.6 is 0 Å². The SMILES string of the molecule is CC(=O)c1cccc(C=C2C[C@H]3C[C@@H](O)[C@@H](C=C[C@@H](O)C4CCCCC4)[C@H]3C2)c1. The highest BCUT2D eigenvalue weighted by atomic mass is 16.3. The summed E-state index contributed by atoms with van der Waals surface area (Å²) in [6.45, 7) is 1.60. The molecular formula is C26H34O3. The van der Waals surface area contributed by atoms with Crippen LogP contribution in [0.2, 0.25) is 0 Å². The molecule has 0 amide bonds. The van der Waals surface area contributed by atoms with E-state index in [1.807, 2.05) is 24.3 Å². The summed E-state index contributed by atoms with van der Waals surface area (Å²) in [4.78, 5) is 11.6. The maximum absolute atomic E-state index is 11.6. The zero-order valence-corrected chi connectivity index (χ0v) is 17.5. The van der Waals surface area contributed by atoms with Crippen molar-refractivity contribution < 1.29 is 15.0 Å². The maximum Gasteiger partial charge on any atom is 0.159 e. The van der Waals surface area contributed by atoms with Gasteiger partial charge in [-0.15, -0.1) is 0 Å². The minimum absolute atomic E-state index is 0.0957. The van der Waals surface area contributed by atoms with Crippen LogP contribution in [-0.2, 0) is 0 Å². The van der Waals surface area contributed by atoms with E-state index in [2.05, 4.69) is 18.2 Å². The van der Waals surface area contributed by atoms with Crippen LogP contribution in [0.4, 0.5) is 0 Å². The van der Waals surface area contributed by atoms with Crippen LogP contribution < -0.4 is 0 Å². The Hall–Kier alpha value is -1.71. The Labute approximate surface area is 174 Å². The Morgan fingerprint density at radius 1 is 1.17 bits per heavy atom. The molecule has 29 heavy (non-hydrogen) atoms. The number of benzene rings is 1. The van der Waals surface area contributed by atoms with E-state index in [0.717, 1.165) is 43.2 Å². The molecule has 0 saturated heterocycles. The molecule has 0 radical (unpaired) electrons. The maximum atomic E-state index is 11.6. The molecule has 0 unspecified atom stereocenters. The van der Waals surface area contributed by atoms with Gasteiger partial charge in [0.2, 0.25) is 0 Å². The molecule has 0 aromatic heterocycles. The van der Waals surface area contributed by atoms with Crippen LogP contribution in [0.25, 0.3) is 6.08 Å². The molecule has 0 bridgehead atoms. The highest BCUT2D eigenvalue weighted by Gasteiger charge is 2.45. The first-order chi connectivity index (χ1) is 14.0. The third-order valence-corrected chi connectivity index (χ3v) is 7.44. The van der Waals surface area contributed by atoms with Gasteiger partial charge in [-0.1, -0.05) is 61.3 Å². The minimum Gasteiger partial charge on any atom is -0.392 e. The average molecular weight is 395 g/mol. The minimum atomic E-state index is -0.368. The van der Waals surface area contributed by atoms with Crippen LogP contribution in [0.3, 0.4) is 0 Å². The predicted octanol–water partition coefficient (Wildman–Crippen LogP) is 5.18. The number of aliphatic hydroxyl groups excluding tert-OH is 2. The molecule has 1 aromatic carbocycles. The van der Waals surface area contributed by atoms with Crippen molar-refractivity contribution in [3.63, 3.8) is 0 Å². The van der Waals surface area contributed by atoms with Gasteiger partial charge in [0.05, 0.1) is 12.2 Å². The lowest BCUT2D eigenvalue weighted by Gasteiger charge is -2.25. The number of ketones is 1. The van der Waals surface area contributed by atoms with Crippen molar-refractivity contribution in [3.05, 3.63) is 53.1 Å². The Kier molecular flexibility index (Phi) is 6.36. The van der Waals surface area contributed by atoms with Crippen LogP contribution in [0, 0.1) is 23.7 Å². The molecule has 3 nitrogen and oxygen atoms in total. The highest BCUT2D eigenvalue weighted by molar-refractivity contribution is 5.94. The molecule has 0 heterocycles. The summed E-state index contributed by atoms with van der Waals surface area (Å²) >= 11 is 0. The zero-order valence-electron chi connectivity index (χ0n) is 17.5. The van der Waals surface area contributed by atoms with Crippen molar-refractivity contribution >= 4 is 11.9 Å². The van der Waals surface area contributed by atoms with Crippen LogP contribution in [0.15, 0.2) is 42.0 Å². The average Bonchev–Trinajstić information content (AvgIpc) is 3.23. The number of rotatable bonds is 5. The Balaban J connectivity index is 1.43. The van der Waals surface area contributed by atoms with E-state index in [1.54, 1.807) is 6.92 Å². The fraction of sp³-hybridized carbons (Fsp3) is 0.577. The van der Waals surface area contributed by atoms with Crippen molar-refractivity contribution in [2.45, 2.75) is 70.5 Å². The third-order valence-electron chi connectivity index (χ3n) is 7.44. The van der Waals surface area contributed by atoms with E-state index in [1.165, 1.54) is 24.8 Å². The number of hydrogen-bond acceptors (Lipinski definition) is 3. The Bertz CT molecular complexity index is 787. The third kappa shape index (κ3) is 4.73. The van der Waals surface area contributed by atoms with E-state index < -0.39 is 0 Å². The van der Waals surface area contributed by atoms with Crippen LogP contribution in [-0.4, -0.2) is 28.2 Å². The highest BCUT2D eigenvalue weighted by Crippen LogP contribution is 2.50. The monoisotopic (exact) mass is 394 g/mol. The predicted molar refractivity (Wildman–Crippen MR) is 116 cm³/mol. The van der Waals surface area contributed by atoms with Crippen LogP contribution in [0.1, 0.15) is 74.2 Å². The standard InChI is InChI=1S/C26H34O3/c1-17(27)21-9-5-6-18(13-21)12-19-14-22-16-26(29)23(24(22)15-19)10-11-25(28)20-7-3-2-4-8-20/h5-6,9-13,20,22-26,28-29H,2-4,7-8,14-16H2,1H3/t22-,23-,24-,25+,26+/m0/s1. The van der Waals surface area contributed by atoms with Gasteiger partial charge in [-0.2, -0.15) is 0 Å². The molecular weight excluding hydrogens is 360 g/mol. The number of hydrogen-bond donors (Lipinski definition) is 2. The lowest BCUT2D eigenvalue weighted by molar-refractivity contribution is 0.101. The topological polar surface area (TPSA) is 57.5 Å². The number of aliphatic hydroxyl groups is 2. The van der Waals surface area contributed by atoms with Gasteiger partial charge < -0.3 is 10.2 Å². The first kappa shape index (κ1) is 20.6. The van der Waals surface area contributed by atoms with Gasteiger partial charge in [-0.25, -0.2) is 0 Å². The second-order valence-electron chi connectivity index (χ2n) is 9.47. The number of carbonyl (C=O) groups excluding carboxylic acids is 1. The molecule has 3 saturated carbocycles. The lowest BCUT2D eigenvalue weighted by atomic mass is 9.84. The molecule has 1 aromatic rings. The molecule has 0 spiro atoms. The summed E-state index contributed by atoms with van der Waals surface area (Å²) in [6, 6.07) is 7.83. The van der Waals surface area contributed by atoms with Crippen molar-refractivity contribution in [1.29, 1.82) is 0 Å². The van der Waals surface area contributed by atoms with E-state index in [-0.39, 0.29) is 23.9 Å². The molecule has 3 heteroatoms. The summed E-state index contributed by atoms with van der Waals surface area (Å²) in [6.07, 6.45) is 14.5. The fourth-order valence-corrected chi connectivity index (χ4v) is 5.85. The van der Waals surface area contributed by atoms with E-state index in [9.17, 15) is 15.0 Å². The van der Waals surface area contributed by atoms with Gasteiger partial charge in [0.15, 0.2) is 5.78 Å². The first-order valence-electron chi connectivity index (χ1n) is 11.4. The van der Waals surface area contributed by atoms with Gasteiger partial charge in [-0.3, -0.25) is 4.79 Å². The number of allylic oxidation sites excluding steroid dienone is 1. The molecule has 156 valence electrons. The van der Waals surface area contributed by atoms with Gasteiger partial charge >= 0.3 is 0 Å². The summed E-state index contributed by atoms with van der Waals surface area (Å²) in [5.74, 6) is 1.61. The van der Waals surface area contributed by atoms with Crippen molar-refractivity contribution in [3.8, 4) is 0 Å². The van der Waals surface area contributed by atoms with E-state index >= 15 is 0 Å². The van der Waals surface area contributed by atoms with Gasteiger partial charge in [0, 0.05) is 11.5 Å². The van der Waals surface area contributed by atoms with Crippen molar-refractivity contribution in [2.24, 2.45) is 23.7 Å². The molecule has 3 fully saturated rings. The number of carbonyl (C=O) groups is 1. The van der Waals surface area contributed by atoms with Gasteiger partial charge in [0.1, 0.15) is 0 Å². The number of fused-ring (bicyclic) bond motifs is 1. The summed E-state index contributed by atoms with van der Waals surface area (Å²) in [5.41, 5.74) is 3.26. The molecule has 3 aliphatic rings. The summed E-state index contributed by atoms with van der Waals surface area (Å²) in [5, 5.41) is 21.2. The summed E-state index contributed by atoms with van der Waals surface area (Å²) < 4.78 is 0. The Morgan fingerprint density at radius 2 is 1.97 bits per heavy atom. The first-order valence-corrected chi connectivity index (χ1v) is 11.4. The molecule has 0 aliphatic heterocycles. The normalized spacial score (nSPS) is 32.7. The van der Waals surface area contributed by atoms with Crippen LogP contribution in [0.5, 0.6) is 0 Å². The zero-order chi connectivity index (χ0) is 20.4. The molecule has 5 atom stereocenters. The molecule has 4 rings (SSSR count). The number of Topliss-reactive ketones (excluding diaryl/α,β-unsaturated/α-hetero) is 1. The smallest absolute Gasteiger partial charge is 0.159 e. The van der Waals surface area contributed by atoms with Crippen molar-refractivity contribution in [1.82, 2.24) is 0 Å². The summed E-state index contributed by atoms with van der Waals surface area (Å²) in [7, 11) is 0. The molecule has 3 aliphatic carbocycles. The molecule has 2 N–H and O–H groups in total. The Morgan fingerprint density at radius 3 is 2.72 bits per heavy atom. The fourth-order valence-electron chi connectivity index (χ4n) is 5.85. The second-order valence-corrected chi connectivity index (χ2v) is 9.47. The van der Waals surface area contributed by atoms with Gasteiger partial charge in [-0.05, 0) is 68.4 Å². The quantitative estimate of drug-likeness (QED) is 0.535. The van der Waals surface area contributed by atoms with Crippen molar-refractivity contribution in [2.75, 3.05) is 0 Å². The second kappa shape index (κ2) is 8.97. The lowest BCUT2D eigenvalue weighted by Crippen LogP contribution is -2.22. The van der Waals surface area contributed by atoms with E-state index in [4.69, 9.17) is 0 Å². The van der Waals surface area contributed by atoms with Gasteiger partial charge in [0.25, 0.3) is 0 Å². The largest absolute Gasteiger partial charge is 0.392 e. The van der Waals surface area contributed by atoms with E-state index in [0.29, 0.717) is 17.8 Å².